The minimum Gasteiger partial charge on any atom is -0.361 e. The van der Waals surface area contributed by atoms with Gasteiger partial charge in [-0.3, -0.25) is 4.79 Å². The van der Waals surface area contributed by atoms with E-state index in [0.717, 1.165) is 40.4 Å². The number of H-pyrrole nitrogens is 1. The number of sulfonamides is 1. The normalized spacial score (nSPS) is 13.8. The molecule has 0 saturated heterocycles. The third-order valence-corrected chi connectivity index (χ3v) is 8.68. The van der Waals surface area contributed by atoms with Crippen LogP contribution in [0.25, 0.3) is 10.9 Å². The number of aryl methyl sites for hydroxylation is 1. The average molecular weight is 502 g/mol. The molecular formula is C29H31N3O3S. The Labute approximate surface area is 212 Å². The van der Waals surface area contributed by atoms with E-state index in [1.807, 2.05) is 61.7 Å². The van der Waals surface area contributed by atoms with Crippen molar-refractivity contribution in [1.82, 2.24) is 14.2 Å². The summed E-state index contributed by atoms with van der Waals surface area (Å²) in [6.45, 7) is 2.71. The molecule has 0 spiro atoms. The van der Waals surface area contributed by atoms with Crippen LogP contribution in [0.1, 0.15) is 29.5 Å². The Morgan fingerprint density at radius 1 is 0.944 bits per heavy atom. The molecule has 0 radical (unpaired) electrons. The van der Waals surface area contributed by atoms with E-state index in [4.69, 9.17) is 0 Å². The molecule has 1 amide bonds. The van der Waals surface area contributed by atoms with Gasteiger partial charge < -0.3 is 9.88 Å². The van der Waals surface area contributed by atoms with Crippen LogP contribution in [0.3, 0.4) is 0 Å². The van der Waals surface area contributed by atoms with Crippen LogP contribution in [0.2, 0.25) is 0 Å². The lowest BCUT2D eigenvalue weighted by Gasteiger charge is -2.27. The smallest absolute Gasteiger partial charge is 0.243 e. The number of amides is 1. The van der Waals surface area contributed by atoms with Gasteiger partial charge >= 0.3 is 0 Å². The molecule has 0 aliphatic heterocycles. The molecule has 1 aliphatic carbocycles. The minimum absolute atomic E-state index is 0.118. The molecule has 36 heavy (non-hydrogen) atoms. The predicted molar refractivity (Wildman–Crippen MR) is 142 cm³/mol. The molecule has 6 nitrogen and oxygen atoms in total. The molecule has 1 fully saturated rings. The summed E-state index contributed by atoms with van der Waals surface area (Å²) >= 11 is 0. The average Bonchev–Trinajstić information content (AvgIpc) is 3.65. The molecule has 1 saturated carbocycles. The number of nitrogens with zero attached hydrogens (tertiary/aromatic N) is 2. The second-order valence-electron chi connectivity index (χ2n) is 9.50. The van der Waals surface area contributed by atoms with Crippen molar-refractivity contribution in [3.8, 4) is 0 Å². The van der Waals surface area contributed by atoms with E-state index in [2.05, 4.69) is 11.1 Å². The first-order valence-corrected chi connectivity index (χ1v) is 13.8. The minimum atomic E-state index is -3.76. The van der Waals surface area contributed by atoms with E-state index in [1.54, 1.807) is 29.2 Å². The number of carbonyl (C=O) groups excluding carboxylic acids is 1. The summed E-state index contributed by atoms with van der Waals surface area (Å²) in [5.74, 6) is -0.179. The van der Waals surface area contributed by atoms with Crippen LogP contribution < -0.4 is 0 Å². The number of fused-ring (bicyclic) bond motifs is 1. The predicted octanol–water partition coefficient (Wildman–Crippen LogP) is 4.90. The zero-order valence-electron chi connectivity index (χ0n) is 20.4. The van der Waals surface area contributed by atoms with Crippen molar-refractivity contribution in [1.29, 1.82) is 0 Å². The van der Waals surface area contributed by atoms with Crippen LogP contribution >= 0.6 is 0 Å². The quantitative estimate of drug-likeness (QED) is 0.336. The largest absolute Gasteiger partial charge is 0.361 e. The zero-order chi connectivity index (χ0) is 25.1. The van der Waals surface area contributed by atoms with E-state index in [9.17, 15) is 13.2 Å². The first-order valence-electron chi connectivity index (χ1n) is 12.4. The van der Waals surface area contributed by atoms with Gasteiger partial charge in [-0.05, 0) is 55.5 Å². The van der Waals surface area contributed by atoms with Crippen LogP contribution in [-0.4, -0.2) is 47.6 Å². The number of nitrogens with one attached hydrogen (secondary N) is 1. The Morgan fingerprint density at radius 3 is 2.36 bits per heavy atom. The van der Waals surface area contributed by atoms with Gasteiger partial charge in [0, 0.05) is 36.2 Å². The molecule has 5 rings (SSSR count). The van der Waals surface area contributed by atoms with Crippen molar-refractivity contribution < 1.29 is 13.2 Å². The lowest BCUT2D eigenvalue weighted by Crippen LogP contribution is -2.44. The molecule has 1 aromatic heterocycles. The van der Waals surface area contributed by atoms with Crippen LogP contribution in [0.15, 0.2) is 90.0 Å². The summed E-state index contributed by atoms with van der Waals surface area (Å²) in [6, 6.07) is 24.7. The third-order valence-electron chi connectivity index (χ3n) is 6.77. The maximum absolute atomic E-state index is 13.7. The Morgan fingerprint density at radius 2 is 1.64 bits per heavy atom. The Hall–Kier alpha value is -3.42. The van der Waals surface area contributed by atoms with Crippen LogP contribution in [0, 0.1) is 6.92 Å². The summed E-state index contributed by atoms with van der Waals surface area (Å²) in [7, 11) is -3.76. The van der Waals surface area contributed by atoms with Crippen molar-refractivity contribution >= 4 is 26.8 Å². The monoisotopic (exact) mass is 501 g/mol. The van der Waals surface area contributed by atoms with Gasteiger partial charge in [0.15, 0.2) is 0 Å². The molecule has 7 heteroatoms. The van der Waals surface area contributed by atoms with Crippen LogP contribution in [0.5, 0.6) is 0 Å². The van der Waals surface area contributed by atoms with Crippen molar-refractivity contribution in [2.75, 3.05) is 13.1 Å². The highest BCUT2D eigenvalue weighted by molar-refractivity contribution is 7.89. The number of rotatable bonds is 10. The molecule has 4 aromatic rings. The topological polar surface area (TPSA) is 73.5 Å². The summed E-state index contributed by atoms with van der Waals surface area (Å²) in [5.41, 5.74) is 4.22. The molecule has 0 unspecified atom stereocenters. The lowest BCUT2D eigenvalue weighted by molar-refractivity contribution is -0.132. The van der Waals surface area contributed by atoms with E-state index < -0.39 is 10.0 Å². The van der Waals surface area contributed by atoms with Gasteiger partial charge in [0.05, 0.1) is 11.4 Å². The number of para-hydroxylation sites is 1. The highest BCUT2D eigenvalue weighted by Crippen LogP contribution is 2.32. The lowest BCUT2D eigenvalue weighted by atomic mass is 10.1. The van der Waals surface area contributed by atoms with Gasteiger partial charge in [0.25, 0.3) is 0 Å². The van der Waals surface area contributed by atoms with Crippen LogP contribution in [0.4, 0.5) is 0 Å². The van der Waals surface area contributed by atoms with Gasteiger partial charge in [-0.15, -0.1) is 0 Å². The number of hydrogen-bond donors (Lipinski definition) is 1. The molecule has 186 valence electrons. The highest BCUT2D eigenvalue weighted by atomic mass is 32.2. The molecule has 0 atom stereocenters. The standard InChI is InChI=1S/C29H31N3O3S/c1-22-11-15-26(16-12-22)36(34,35)32(25-13-14-25)21-29(33)31(20-23-7-3-2-4-8-23)18-17-24-19-30-28-10-6-5-9-27(24)28/h2-12,15-16,19,25,30H,13-14,17-18,20-21H2,1H3. The van der Waals surface area contributed by atoms with Crippen molar-refractivity contribution in [3.63, 3.8) is 0 Å². The molecule has 3 aromatic carbocycles. The van der Waals surface area contributed by atoms with E-state index >= 15 is 0 Å². The molecule has 1 N–H and O–H groups in total. The fraction of sp³-hybridized carbons (Fsp3) is 0.276. The maximum atomic E-state index is 13.7. The van der Waals surface area contributed by atoms with Crippen molar-refractivity contribution in [2.24, 2.45) is 0 Å². The molecule has 1 heterocycles. The van der Waals surface area contributed by atoms with Crippen molar-refractivity contribution in [3.05, 3.63) is 102 Å². The van der Waals surface area contributed by atoms with Gasteiger partial charge in [-0.2, -0.15) is 4.31 Å². The summed E-state index contributed by atoms with van der Waals surface area (Å²) < 4.78 is 28.4. The first kappa shape index (κ1) is 24.3. The van der Waals surface area contributed by atoms with Crippen molar-refractivity contribution in [2.45, 2.75) is 43.7 Å². The number of carbonyl (C=O) groups is 1. The Bertz CT molecular complexity index is 1440. The Kier molecular flexibility index (Phi) is 6.94. The highest BCUT2D eigenvalue weighted by Gasteiger charge is 2.40. The zero-order valence-corrected chi connectivity index (χ0v) is 21.2. The van der Waals surface area contributed by atoms with E-state index in [-0.39, 0.29) is 23.4 Å². The second kappa shape index (κ2) is 10.3. The van der Waals surface area contributed by atoms with Gasteiger partial charge in [0.2, 0.25) is 15.9 Å². The molecular weight excluding hydrogens is 470 g/mol. The number of benzene rings is 3. The van der Waals surface area contributed by atoms with E-state index in [1.165, 1.54) is 4.31 Å². The van der Waals surface area contributed by atoms with Crippen LogP contribution in [-0.2, 0) is 27.8 Å². The summed E-state index contributed by atoms with van der Waals surface area (Å²) in [6.07, 6.45) is 4.24. The maximum Gasteiger partial charge on any atom is 0.243 e. The molecule has 1 aliphatic rings. The Balaban J connectivity index is 1.37. The number of aromatic amines is 1. The summed E-state index contributed by atoms with van der Waals surface area (Å²) in [5, 5.41) is 1.14. The fourth-order valence-electron chi connectivity index (χ4n) is 4.54. The molecule has 0 bridgehead atoms. The van der Waals surface area contributed by atoms with Gasteiger partial charge in [0.1, 0.15) is 0 Å². The number of hydrogen-bond acceptors (Lipinski definition) is 3. The second-order valence-corrected chi connectivity index (χ2v) is 11.4. The fourth-order valence-corrected chi connectivity index (χ4v) is 6.18. The summed E-state index contributed by atoms with van der Waals surface area (Å²) in [4.78, 5) is 19.0. The third kappa shape index (κ3) is 5.37. The van der Waals surface area contributed by atoms with E-state index in [0.29, 0.717) is 19.5 Å². The number of aromatic nitrogens is 1. The van der Waals surface area contributed by atoms with Gasteiger partial charge in [-0.25, -0.2) is 8.42 Å². The van der Waals surface area contributed by atoms with Gasteiger partial charge in [-0.1, -0.05) is 66.2 Å². The SMILES string of the molecule is Cc1ccc(S(=O)(=O)N(CC(=O)N(CCc2c[nH]c3ccccc23)Cc2ccccc2)C2CC2)cc1. The first-order chi connectivity index (χ1) is 17.4.